The molecule has 2 aromatic carbocycles. The third-order valence-electron chi connectivity index (χ3n) is 3.42. The molecule has 0 spiro atoms. The molecule has 124 valence electrons. The lowest BCUT2D eigenvalue weighted by molar-refractivity contribution is -0.123. The van der Waals surface area contributed by atoms with Crippen molar-refractivity contribution in [2.75, 3.05) is 18.4 Å². The first-order valence-electron chi connectivity index (χ1n) is 7.31. The van der Waals surface area contributed by atoms with E-state index in [9.17, 15) is 17.8 Å². The Bertz CT molecular complexity index is 816. The number of hydrogen-bond donors (Lipinski definition) is 3. The van der Waals surface area contributed by atoms with Crippen molar-refractivity contribution >= 4 is 32.5 Å². The predicted molar refractivity (Wildman–Crippen MR) is 90.1 cm³/mol. The number of carbonyl (C=O) groups excluding carboxylic acids is 1. The van der Waals surface area contributed by atoms with Gasteiger partial charge in [0.15, 0.2) is 0 Å². The molecule has 0 bridgehead atoms. The molecular formula is C16H20N2O4S. The first-order chi connectivity index (χ1) is 10.8. The van der Waals surface area contributed by atoms with Gasteiger partial charge in [-0.05, 0) is 12.1 Å². The number of benzene rings is 2. The van der Waals surface area contributed by atoms with Gasteiger partial charge < -0.3 is 10.6 Å². The maximum atomic E-state index is 11.5. The van der Waals surface area contributed by atoms with Gasteiger partial charge in [0.05, 0.1) is 0 Å². The number of hydrogen-bond acceptors (Lipinski definition) is 4. The molecular weight excluding hydrogens is 316 g/mol. The van der Waals surface area contributed by atoms with Crippen LogP contribution in [0.1, 0.15) is 13.8 Å². The van der Waals surface area contributed by atoms with E-state index >= 15 is 0 Å². The fourth-order valence-electron chi connectivity index (χ4n) is 2.25. The molecule has 0 aliphatic carbocycles. The summed E-state index contributed by atoms with van der Waals surface area (Å²) in [5.74, 6) is -0.0803. The highest BCUT2D eigenvalue weighted by Crippen LogP contribution is 2.28. The van der Waals surface area contributed by atoms with Crippen LogP contribution in [-0.2, 0) is 14.9 Å². The standard InChI is InChI=1S/C16H20N2O4S/c1-11(2)16(19)18-10-9-17-14-7-3-6-13-12(14)5-4-8-15(13)23(20,21)22/h3-8,11,17H,9-10H2,1-2H3,(H,18,19)(H,20,21,22). The molecule has 0 radical (unpaired) electrons. The summed E-state index contributed by atoms with van der Waals surface area (Å²) in [6, 6.07) is 9.90. The summed E-state index contributed by atoms with van der Waals surface area (Å²) in [4.78, 5) is 11.4. The molecule has 1 amide bonds. The Kier molecular flexibility index (Phi) is 5.23. The smallest absolute Gasteiger partial charge is 0.295 e. The van der Waals surface area contributed by atoms with E-state index in [0.717, 1.165) is 5.69 Å². The topological polar surface area (TPSA) is 95.5 Å². The van der Waals surface area contributed by atoms with Crippen molar-refractivity contribution in [3.8, 4) is 0 Å². The average Bonchev–Trinajstić information content (AvgIpc) is 2.49. The minimum absolute atomic E-state index is 0.0154. The quantitative estimate of drug-likeness (QED) is 0.555. The fraction of sp³-hybridized carbons (Fsp3) is 0.312. The minimum atomic E-state index is -4.28. The molecule has 0 aliphatic rings. The number of anilines is 1. The molecule has 3 N–H and O–H groups in total. The predicted octanol–water partition coefficient (Wildman–Crippen LogP) is 2.27. The Labute approximate surface area is 135 Å². The van der Waals surface area contributed by atoms with E-state index in [4.69, 9.17) is 0 Å². The van der Waals surface area contributed by atoms with E-state index in [1.807, 2.05) is 19.9 Å². The van der Waals surface area contributed by atoms with Gasteiger partial charge in [-0.25, -0.2) is 0 Å². The molecule has 0 atom stereocenters. The molecule has 0 unspecified atom stereocenters. The van der Waals surface area contributed by atoms with E-state index in [2.05, 4.69) is 10.6 Å². The number of amides is 1. The van der Waals surface area contributed by atoms with Crippen molar-refractivity contribution in [3.05, 3.63) is 36.4 Å². The summed E-state index contributed by atoms with van der Waals surface area (Å²) >= 11 is 0. The Balaban J connectivity index is 2.18. The molecule has 0 heterocycles. The first kappa shape index (κ1) is 17.2. The normalized spacial score (nSPS) is 11.7. The van der Waals surface area contributed by atoms with Crippen LogP contribution in [0.3, 0.4) is 0 Å². The number of fused-ring (bicyclic) bond motifs is 1. The lowest BCUT2D eigenvalue weighted by Crippen LogP contribution is -2.31. The SMILES string of the molecule is CC(C)C(=O)NCCNc1cccc2c(S(=O)(=O)O)cccc12. The van der Waals surface area contributed by atoms with Crippen LogP contribution in [-0.4, -0.2) is 32.0 Å². The summed E-state index contributed by atoms with van der Waals surface area (Å²) in [7, 11) is -4.28. The van der Waals surface area contributed by atoms with E-state index in [-0.39, 0.29) is 16.7 Å². The van der Waals surface area contributed by atoms with Gasteiger partial charge in [0.2, 0.25) is 5.91 Å². The van der Waals surface area contributed by atoms with Crippen molar-refractivity contribution < 1.29 is 17.8 Å². The molecule has 23 heavy (non-hydrogen) atoms. The van der Waals surface area contributed by atoms with Crippen molar-refractivity contribution in [2.45, 2.75) is 18.7 Å². The largest absolute Gasteiger partial charge is 0.383 e. The highest BCUT2D eigenvalue weighted by atomic mass is 32.2. The molecule has 0 aliphatic heterocycles. The zero-order valence-corrected chi connectivity index (χ0v) is 13.9. The van der Waals surface area contributed by atoms with E-state index in [1.165, 1.54) is 6.07 Å². The zero-order chi connectivity index (χ0) is 17.0. The van der Waals surface area contributed by atoms with Gasteiger partial charge in [-0.2, -0.15) is 8.42 Å². The maximum Gasteiger partial charge on any atom is 0.295 e. The second-order valence-electron chi connectivity index (χ2n) is 5.50. The molecule has 0 saturated carbocycles. The summed E-state index contributed by atoms with van der Waals surface area (Å²) in [6.45, 7) is 4.62. The Morgan fingerprint density at radius 2 is 1.74 bits per heavy atom. The lowest BCUT2D eigenvalue weighted by Gasteiger charge is -2.12. The van der Waals surface area contributed by atoms with E-state index < -0.39 is 10.1 Å². The van der Waals surface area contributed by atoms with Crippen LogP contribution < -0.4 is 10.6 Å². The second-order valence-corrected chi connectivity index (χ2v) is 6.89. The van der Waals surface area contributed by atoms with Crippen molar-refractivity contribution in [2.24, 2.45) is 5.92 Å². The van der Waals surface area contributed by atoms with Gasteiger partial charge in [0.1, 0.15) is 4.90 Å². The van der Waals surface area contributed by atoms with Crippen LogP contribution in [0, 0.1) is 5.92 Å². The molecule has 7 heteroatoms. The highest BCUT2D eigenvalue weighted by molar-refractivity contribution is 7.86. The number of carbonyl (C=O) groups is 1. The number of nitrogens with one attached hydrogen (secondary N) is 2. The maximum absolute atomic E-state index is 11.5. The molecule has 2 aromatic rings. The average molecular weight is 336 g/mol. The third kappa shape index (κ3) is 4.20. The zero-order valence-electron chi connectivity index (χ0n) is 13.0. The summed E-state index contributed by atoms with van der Waals surface area (Å²) < 4.78 is 32.2. The van der Waals surface area contributed by atoms with E-state index in [0.29, 0.717) is 23.9 Å². The molecule has 2 rings (SSSR count). The fourth-order valence-corrected chi connectivity index (χ4v) is 2.95. The van der Waals surface area contributed by atoms with Gasteiger partial charge in [-0.3, -0.25) is 9.35 Å². The molecule has 0 fully saturated rings. The van der Waals surface area contributed by atoms with Crippen LogP contribution in [0.5, 0.6) is 0 Å². The van der Waals surface area contributed by atoms with Gasteiger partial charge in [0, 0.05) is 35.5 Å². The lowest BCUT2D eigenvalue weighted by atomic mass is 10.1. The van der Waals surface area contributed by atoms with Crippen molar-refractivity contribution in [1.82, 2.24) is 5.32 Å². The highest BCUT2D eigenvalue weighted by Gasteiger charge is 2.14. The van der Waals surface area contributed by atoms with Gasteiger partial charge >= 0.3 is 0 Å². The van der Waals surface area contributed by atoms with Crippen molar-refractivity contribution in [3.63, 3.8) is 0 Å². The summed E-state index contributed by atoms with van der Waals surface area (Å²) in [5, 5.41) is 7.11. The Morgan fingerprint density at radius 3 is 2.39 bits per heavy atom. The minimum Gasteiger partial charge on any atom is -0.383 e. The van der Waals surface area contributed by atoms with Crippen LogP contribution in [0.4, 0.5) is 5.69 Å². The van der Waals surface area contributed by atoms with Crippen LogP contribution >= 0.6 is 0 Å². The van der Waals surface area contributed by atoms with Crippen LogP contribution in [0.2, 0.25) is 0 Å². The summed E-state index contributed by atoms with van der Waals surface area (Å²) in [5.41, 5.74) is 0.742. The number of rotatable bonds is 6. The van der Waals surface area contributed by atoms with Crippen LogP contribution in [0.15, 0.2) is 41.3 Å². The third-order valence-corrected chi connectivity index (χ3v) is 4.34. The Hall–Kier alpha value is -2.12. The molecule has 0 aromatic heterocycles. The Morgan fingerprint density at radius 1 is 1.09 bits per heavy atom. The van der Waals surface area contributed by atoms with Gasteiger partial charge in [0.25, 0.3) is 10.1 Å². The second kappa shape index (κ2) is 6.97. The van der Waals surface area contributed by atoms with Gasteiger partial charge in [-0.1, -0.05) is 38.1 Å². The van der Waals surface area contributed by atoms with Crippen LogP contribution in [0.25, 0.3) is 10.8 Å². The molecule has 6 nitrogen and oxygen atoms in total. The van der Waals surface area contributed by atoms with E-state index in [1.54, 1.807) is 24.3 Å². The summed E-state index contributed by atoms with van der Waals surface area (Å²) in [6.07, 6.45) is 0. The van der Waals surface area contributed by atoms with Crippen molar-refractivity contribution in [1.29, 1.82) is 0 Å². The first-order valence-corrected chi connectivity index (χ1v) is 8.75. The van der Waals surface area contributed by atoms with Gasteiger partial charge in [-0.15, -0.1) is 0 Å². The monoisotopic (exact) mass is 336 g/mol. The molecule has 0 saturated heterocycles.